The minimum absolute atomic E-state index is 0.00398. The van der Waals surface area contributed by atoms with Gasteiger partial charge in [-0.2, -0.15) is 0 Å². The number of aliphatic hydroxyl groups is 1. The van der Waals surface area contributed by atoms with Crippen LogP contribution in [0.2, 0.25) is 0 Å². The minimum Gasteiger partial charge on any atom is -0.449 e. The number of alkyl carbamates (subject to hydrolysis) is 1. The third kappa shape index (κ3) is 5.59. The molecule has 0 saturated heterocycles. The number of hydrogen-bond donors (Lipinski definition) is 2. The first-order valence-corrected chi connectivity index (χ1v) is 5.33. The molecule has 5 nitrogen and oxygen atoms in total. The summed E-state index contributed by atoms with van der Waals surface area (Å²) in [5.74, 6) is 1.26. The normalized spacial score (nSPS) is 23.6. The summed E-state index contributed by atoms with van der Waals surface area (Å²) in [5.41, 5.74) is 0. The fourth-order valence-corrected chi connectivity index (χ4v) is 1.26. The second-order valence-electron chi connectivity index (χ2n) is 3.83. The van der Waals surface area contributed by atoms with Gasteiger partial charge in [-0.1, -0.05) is 6.92 Å². The molecule has 1 aliphatic rings. The molecule has 1 saturated carbocycles. The zero-order chi connectivity index (χ0) is 11.1. The van der Waals surface area contributed by atoms with Crippen molar-refractivity contribution in [2.45, 2.75) is 13.3 Å². The van der Waals surface area contributed by atoms with Crippen LogP contribution < -0.4 is 5.32 Å². The van der Waals surface area contributed by atoms with Crippen molar-refractivity contribution in [2.75, 3.05) is 33.0 Å². The lowest BCUT2D eigenvalue weighted by Crippen LogP contribution is -2.28. The number of rotatable bonds is 7. The first-order valence-electron chi connectivity index (χ1n) is 5.33. The second kappa shape index (κ2) is 6.63. The van der Waals surface area contributed by atoms with Gasteiger partial charge in [0, 0.05) is 6.54 Å². The summed E-state index contributed by atoms with van der Waals surface area (Å²) in [7, 11) is 0. The van der Waals surface area contributed by atoms with Crippen molar-refractivity contribution in [1.82, 2.24) is 5.32 Å². The van der Waals surface area contributed by atoms with Crippen LogP contribution in [0.15, 0.2) is 0 Å². The van der Waals surface area contributed by atoms with Gasteiger partial charge in [-0.3, -0.25) is 0 Å². The van der Waals surface area contributed by atoms with Gasteiger partial charge >= 0.3 is 6.09 Å². The summed E-state index contributed by atoms with van der Waals surface area (Å²) < 4.78 is 9.96. The second-order valence-corrected chi connectivity index (χ2v) is 3.83. The highest BCUT2D eigenvalue weighted by Crippen LogP contribution is 2.37. The molecule has 0 bridgehead atoms. The molecule has 1 fully saturated rings. The van der Waals surface area contributed by atoms with Gasteiger partial charge in [-0.05, 0) is 18.3 Å². The number of hydrogen-bond acceptors (Lipinski definition) is 4. The third-order valence-electron chi connectivity index (χ3n) is 2.46. The van der Waals surface area contributed by atoms with Crippen LogP contribution in [-0.2, 0) is 9.47 Å². The fourth-order valence-electron chi connectivity index (χ4n) is 1.26. The van der Waals surface area contributed by atoms with E-state index in [0.717, 1.165) is 6.42 Å². The summed E-state index contributed by atoms with van der Waals surface area (Å²) in [5, 5.41) is 11.0. The Bertz CT molecular complexity index is 198. The van der Waals surface area contributed by atoms with Crippen LogP contribution in [0, 0.1) is 11.8 Å². The molecule has 15 heavy (non-hydrogen) atoms. The summed E-state index contributed by atoms with van der Waals surface area (Å²) in [6, 6.07) is 0. The highest BCUT2D eigenvalue weighted by molar-refractivity contribution is 5.67. The summed E-state index contributed by atoms with van der Waals surface area (Å²) in [6.45, 7) is 3.79. The first-order chi connectivity index (χ1) is 7.24. The van der Waals surface area contributed by atoms with E-state index in [4.69, 9.17) is 14.6 Å². The number of carbonyl (C=O) groups excluding carboxylic acids is 1. The van der Waals surface area contributed by atoms with Gasteiger partial charge in [0.2, 0.25) is 0 Å². The molecule has 0 radical (unpaired) electrons. The van der Waals surface area contributed by atoms with E-state index in [1.807, 2.05) is 0 Å². The Balaban J connectivity index is 1.85. The van der Waals surface area contributed by atoms with E-state index in [0.29, 0.717) is 38.2 Å². The molecule has 2 atom stereocenters. The van der Waals surface area contributed by atoms with Crippen LogP contribution in [-0.4, -0.2) is 44.2 Å². The Kier molecular flexibility index (Phi) is 5.42. The van der Waals surface area contributed by atoms with Crippen LogP contribution in [0.5, 0.6) is 0 Å². The van der Waals surface area contributed by atoms with E-state index in [2.05, 4.69) is 12.2 Å². The van der Waals surface area contributed by atoms with Crippen LogP contribution in [0.4, 0.5) is 4.79 Å². The Morgan fingerprint density at radius 3 is 2.87 bits per heavy atom. The zero-order valence-corrected chi connectivity index (χ0v) is 9.07. The maximum absolute atomic E-state index is 11.1. The highest BCUT2D eigenvalue weighted by Gasteiger charge is 2.33. The van der Waals surface area contributed by atoms with E-state index in [9.17, 15) is 4.79 Å². The van der Waals surface area contributed by atoms with Gasteiger partial charge in [0.05, 0.1) is 26.4 Å². The molecule has 0 aromatic heterocycles. The van der Waals surface area contributed by atoms with E-state index in [1.165, 1.54) is 0 Å². The van der Waals surface area contributed by atoms with Crippen molar-refractivity contribution in [1.29, 1.82) is 0 Å². The van der Waals surface area contributed by atoms with Crippen molar-refractivity contribution >= 4 is 6.09 Å². The van der Waals surface area contributed by atoms with Crippen LogP contribution >= 0.6 is 0 Å². The Hall–Kier alpha value is -0.810. The summed E-state index contributed by atoms with van der Waals surface area (Å²) in [6.07, 6.45) is 0.772. The van der Waals surface area contributed by atoms with Gasteiger partial charge in [-0.25, -0.2) is 4.79 Å². The Morgan fingerprint density at radius 2 is 2.27 bits per heavy atom. The molecule has 0 aromatic rings. The zero-order valence-electron chi connectivity index (χ0n) is 9.07. The SMILES string of the molecule is CC1CC1COC(=O)NCCOCCO. The van der Waals surface area contributed by atoms with Crippen molar-refractivity contribution in [3.8, 4) is 0 Å². The molecular formula is C10H19NO4. The third-order valence-corrected chi connectivity index (χ3v) is 2.46. The van der Waals surface area contributed by atoms with Gasteiger partial charge < -0.3 is 19.9 Å². The lowest BCUT2D eigenvalue weighted by atomic mass is 10.4. The highest BCUT2D eigenvalue weighted by atomic mass is 16.5. The monoisotopic (exact) mass is 217 g/mol. The number of ether oxygens (including phenoxy) is 2. The summed E-state index contributed by atoms with van der Waals surface area (Å²) in [4.78, 5) is 11.1. The lowest BCUT2D eigenvalue weighted by molar-refractivity contribution is 0.0902. The molecule has 2 unspecified atom stereocenters. The number of amides is 1. The molecule has 1 aliphatic carbocycles. The predicted molar refractivity (Wildman–Crippen MR) is 54.5 cm³/mol. The van der Waals surface area contributed by atoms with Crippen molar-refractivity contribution in [2.24, 2.45) is 11.8 Å². The average Bonchev–Trinajstić information content (AvgIpc) is 2.91. The van der Waals surface area contributed by atoms with Crippen molar-refractivity contribution in [3.63, 3.8) is 0 Å². The van der Waals surface area contributed by atoms with Crippen LogP contribution in [0.3, 0.4) is 0 Å². The van der Waals surface area contributed by atoms with Gasteiger partial charge in [0.25, 0.3) is 0 Å². The molecule has 1 amide bonds. The molecule has 0 spiro atoms. The van der Waals surface area contributed by atoms with E-state index in [-0.39, 0.29) is 12.7 Å². The quantitative estimate of drug-likeness (QED) is 0.605. The molecule has 2 N–H and O–H groups in total. The fraction of sp³-hybridized carbons (Fsp3) is 0.900. The maximum Gasteiger partial charge on any atom is 0.407 e. The molecule has 0 aliphatic heterocycles. The van der Waals surface area contributed by atoms with E-state index >= 15 is 0 Å². The standard InChI is InChI=1S/C10H19NO4/c1-8-6-9(8)7-15-10(13)11-2-4-14-5-3-12/h8-9,12H,2-7H2,1H3,(H,11,13). The molecule has 88 valence electrons. The number of nitrogens with one attached hydrogen (secondary N) is 1. The van der Waals surface area contributed by atoms with Gasteiger partial charge in [0.1, 0.15) is 0 Å². The van der Waals surface area contributed by atoms with Crippen LogP contribution in [0.1, 0.15) is 13.3 Å². The van der Waals surface area contributed by atoms with Gasteiger partial charge in [0.15, 0.2) is 0 Å². The largest absolute Gasteiger partial charge is 0.449 e. The predicted octanol–water partition coefficient (Wildman–Crippen LogP) is 0.377. The maximum atomic E-state index is 11.1. The average molecular weight is 217 g/mol. The van der Waals surface area contributed by atoms with Crippen molar-refractivity contribution in [3.05, 3.63) is 0 Å². The smallest absolute Gasteiger partial charge is 0.407 e. The molecule has 5 heteroatoms. The van der Waals surface area contributed by atoms with Gasteiger partial charge in [-0.15, -0.1) is 0 Å². The minimum atomic E-state index is -0.387. The molecule has 0 heterocycles. The molecule has 0 aromatic carbocycles. The number of carbonyl (C=O) groups is 1. The topological polar surface area (TPSA) is 67.8 Å². The first kappa shape index (κ1) is 12.3. The molecule has 1 rings (SSSR count). The summed E-state index contributed by atoms with van der Waals surface area (Å²) >= 11 is 0. The lowest BCUT2D eigenvalue weighted by Gasteiger charge is -2.06. The van der Waals surface area contributed by atoms with E-state index in [1.54, 1.807) is 0 Å². The Labute approximate surface area is 89.8 Å². The molecular weight excluding hydrogens is 198 g/mol. The van der Waals surface area contributed by atoms with Crippen LogP contribution in [0.25, 0.3) is 0 Å². The van der Waals surface area contributed by atoms with Crippen molar-refractivity contribution < 1.29 is 19.4 Å². The number of aliphatic hydroxyl groups excluding tert-OH is 1. The van der Waals surface area contributed by atoms with E-state index < -0.39 is 0 Å². The Morgan fingerprint density at radius 1 is 1.53 bits per heavy atom.